The van der Waals surface area contributed by atoms with E-state index in [1.807, 2.05) is 24.1 Å². The third-order valence-corrected chi connectivity index (χ3v) is 3.72. The smallest absolute Gasteiger partial charge is 0.224 e. The molecule has 0 aliphatic carbocycles. The average molecular weight is 306 g/mol. The summed E-state index contributed by atoms with van der Waals surface area (Å²) in [6.45, 7) is 6.17. The highest BCUT2D eigenvalue weighted by Gasteiger charge is 2.08. The number of amides is 1. The second-order valence-electron chi connectivity index (χ2n) is 3.22. The fourth-order valence-corrected chi connectivity index (χ4v) is 2.52. The molecule has 1 heterocycles. The second-order valence-corrected chi connectivity index (χ2v) is 4.89. The predicted octanol–water partition coefficient (Wildman–Crippen LogP) is 2.58. The van der Waals surface area contributed by atoms with Gasteiger partial charge in [0.25, 0.3) is 0 Å². The first-order valence-corrected chi connectivity index (χ1v) is 6.97. The zero-order valence-electron chi connectivity index (χ0n) is 9.49. The van der Waals surface area contributed by atoms with Gasteiger partial charge in [0.05, 0.1) is 0 Å². The van der Waals surface area contributed by atoms with E-state index in [9.17, 15) is 4.79 Å². The maximum atomic E-state index is 11.7. The van der Waals surface area contributed by atoms with Gasteiger partial charge in [-0.25, -0.2) is 4.98 Å². The third kappa shape index (κ3) is 4.09. The van der Waals surface area contributed by atoms with Crippen molar-refractivity contribution in [3.63, 3.8) is 0 Å². The molecule has 0 aromatic carbocycles. The van der Waals surface area contributed by atoms with E-state index in [1.54, 1.807) is 0 Å². The molecule has 0 bridgehead atoms. The number of nitrogens with one attached hydrogen (secondary N) is 1. The summed E-state index contributed by atoms with van der Waals surface area (Å²) < 4.78 is 0.829. The van der Waals surface area contributed by atoms with Crippen LogP contribution in [0.1, 0.15) is 20.3 Å². The minimum Gasteiger partial charge on any atom is -0.361 e. The monoisotopic (exact) mass is 305 g/mol. The zero-order chi connectivity index (χ0) is 12.0. The molecule has 0 saturated heterocycles. The first kappa shape index (κ1) is 13.4. The number of carbonyl (C=O) groups excluding carboxylic acids is 1. The summed E-state index contributed by atoms with van der Waals surface area (Å²) in [6, 6.07) is 0. The van der Waals surface area contributed by atoms with E-state index in [-0.39, 0.29) is 5.91 Å². The lowest BCUT2D eigenvalue weighted by molar-refractivity contribution is -0.130. The van der Waals surface area contributed by atoms with Crippen LogP contribution in [0.4, 0.5) is 5.13 Å². The SMILES string of the molecule is CCN(CC)C(=O)CCNc1nc(Br)cs1. The first-order valence-electron chi connectivity index (χ1n) is 5.30. The number of rotatable bonds is 6. The fraction of sp³-hybridized carbons (Fsp3) is 0.600. The molecule has 0 aliphatic heterocycles. The lowest BCUT2D eigenvalue weighted by atomic mass is 10.3. The van der Waals surface area contributed by atoms with E-state index in [2.05, 4.69) is 26.2 Å². The summed E-state index contributed by atoms with van der Waals surface area (Å²) in [5.41, 5.74) is 0. The van der Waals surface area contributed by atoms with Gasteiger partial charge in [0.1, 0.15) is 4.60 Å². The van der Waals surface area contributed by atoms with Crippen molar-refractivity contribution in [2.75, 3.05) is 25.0 Å². The fourth-order valence-electron chi connectivity index (χ4n) is 1.35. The molecule has 16 heavy (non-hydrogen) atoms. The first-order chi connectivity index (χ1) is 7.67. The molecule has 0 aliphatic rings. The van der Waals surface area contributed by atoms with Crippen LogP contribution in [0.2, 0.25) is 0 Å². The van der Waals surface area contributed by atoms with Gasteiger partial charge >= 0.3 is 0 Å². The van der Waals surface area contributed by atoms with Crippen LogP contribution in [0, 0.1) is 0 Å². The van der Waals surface area contributed by atoms with Gasteiger partial charge in [-0.15, -0.1) is 11.3 Å². The molecular weight excluding hydrogens is 290 g/mol. The summed E-state index contributed by atoms with van der Waals surface area (Å²) >= 11 is 4.81. The van der Waals surface area contributed by atoms with Crippen molar-refractivity contribution in [1.29, 1.82) is 0 Å². The van der Waals surface area contributed by atoms with Crippen LogP contribution in [-0.2, 0) is 4.79 Å². The second kappa shape index (κ2) is 6.85. The molecule has 1 amide bonds. The molecule has 90 valence electrons. The standard InChI is InChI=1S/C10H16BrN3OS/c1-3-14(4-2)9(15)5-6-12-10-13-8(11)7-16-10/h7H,3-6H2,1-2H3,(H,12,13). The molecule has 1 aromatic heterocycles. The normalized spacial score (nSPS) is 10.2. The Morgan fingerprint density at radius 1 is 1.56 bits per heavy atom. The average Bonchev–Trinajstić information content (AvgIpc) is 2.66. The topological polar surface area (TPSA) is 45.2 Å². The summed E-state index contributed by atoms with van der Waals surface area (Å²) in [5, 5.41) is 5.89. The van der Waals surface area contributed by atoms with Crippen molar-refractivity contribution in [3.8, 4) is 0 Å². The molecule has 0 unspecified atom stereocenters. The molecule has 1 aromatic rings. The number of thiazole rings is 1. The van der Waals surface area contributed by atoms with Crippen LogP contribution in [0.15, 0.2) is 9.98 Å². The Morgan fingerprint density at radius 3 is 2.75 bits per heavy atom. The van der Waals surface area contributed by atoms with E-state index in [0.717, 1.165) is 22.8 Å². The van der Waals surface area contributed by atoms with E-state index in [1.165, 1.54) is 11.3 Å². The van der Waals surface area contributed by atoms with E-state index in [4.69, 9.17) is 0 Å². The Bertz CT molecular complexity index is 339. The number of hydrogen-bond donors (Lipinski definition) is 1. The highest BCUT2D eigenvalue weighted by Crippen LogP contribution is 2.19. The van der Waals surface area contributed by atoms with E-state index >= 15 is 0 Å². The van der Waals surface area contributed by atoms with Crippen molar-refractivity contribution in [2.45, 2.75) is 20.3 Å². The molecular formula is C10H16BrN3OS. The maximum Gasteiger partial charge on any atom is 0.224 e. The van der Waals surface area contributed by atoms with Gasteiger partial charge in [-0.05, 0) is 29.8 Å². The summed E-state index contributed by atoms with van der Waals surface area (Å²) in [5.74, 6) is 0.188. The minimum atomic E-state index is 0.188. The van der Waals surface area contributed by atoms with Crippen LogP contribution < -0.4 is 5.32 Å². The number of anilines is 1. The Morgan fingerprint density at radius 2 is 2.25 bits per heavy atom. The van der Waals surface area contributed by atoms with Crippen LogP contribution >= 0.6 is 27.3 Å². The Labute approximate surface area is 108 Å². The molecule has 1 N–H and O–H groups in total. The van der Waals surface area contributed by atoms with Crippen LogP contribution in [0.25, 0.3) is 0 Å². The van der Waals surface area contributed by atoms with Crippen molar-refractivity contribution in [1.82, 2.24) is 9.88 Å². The van der Waals surface area contributed by atoms with Crippen molar-refractivity contribution >= 4 is 38.3 Å². The Balaban J connectivity index is 2.27. The van der Waals surface area contributed by atoms with Gasteiger partial charge in [-0.1, -0.05) is 0 Å². The van der Waals surface area contributed by atoms with Crippen molar-refractivity contribution in [3.05, 3.63) is 9.98 Å². The number of halogens is 1. The van der Waals surface area contributed by atoms with Gasteiger partial charge in [0.15, 0.2) is 5.13 Å². The zero-order valence-corrected chi connectivity index (χ0v) is 11.9. The number of aromatic nitrogens is 1. The molecule has 0 spiro atoms. The summed E-state index contributed by atoms with van der Waals surface area (Å²) in [6.07, 6.45) is 0.513. The largest absolute Gasteiger partial charge is 0.361 e. The highest BCUT2D eigenvalue weighted by atomic mass is 79.9. The highest BCUT2D eigenvalue weighted by molar-refractivity contribution is 9.10. The Kier molecular flexibility index (Phi) is 5.76. The molecule has 6 heteroatoms. The van der Waals surface area contributed by atoms with Crippen LogP contribution in [-0.4, -0.2) is 35.4 Å². The molecule has 0 fully saturated rings. The van der Waals surface area contributed by atoms with Gasteiger partial charge in [0.2, 0.25) is 5.91 Å². The Hall–Kier alpha value is -0.620. The number of hydrogen-bond acceptors (Lipinski definition) is 4. The van der Waals surface area contributed by atoms with Gasteiger partial charge in [0, 0.05) is 31.4 Å². The van der Waals surface area contributed by atoms with Gasteiger partial charge in [-0.2, -0.15) is 0 Å². The van der Waals surface area contributed by atoms with E-state index in [0.29, 0.717) is 13.0 Å². The maximum absolute atomic E-state index is 11.7. The quantitative estimate of drug-likeness (QED) is 0.878. The van der Waals surface area contributed by atoms with Crippen molar-refractivity contribution in [2.24, 2.45) is 0 Å². The molecule has 1 rings (SSSR count). The van der Waals surface area contributed by atoms with Crippen LogP contribution in [0.5, 0.6) is 0 Å². The molecule has 0 atom stereocenters. The van der Waals surface area contributed by atoms with E-state index < -0.39 is 0 Å². The van der Waals surface area contributed by atoms with Gasteiger partial charge in [-0.3, -0.25) is 4.79 Å². The number of nitrogens with zero attached hydrogens (tertiary/aromatic N) is 2. The molecule has 4 nitrogen and oxygen atoms in total. The lowest BCUT2D eigenvalue weighted by Crippen LogP contribution is -2.31. The minimum absolute atomic E-state index is 0.188. The lowest BCUT2D eigenvalue weighted by Gasteiger charge is -2.18. The number of carbonyl (C=O) groups is 1. The summed E-state index contributed by atoms with van der Waals surface area (Å²) in [4.78, 5) is 17.7. The molecule has 0 saturated carbocycles. The van der Waals surface area contributed by atoms with Crippen molar-refractivity contribution < 1.29 is 4.79 Å². The van der Waals surface area contributed by atoms with Crippen LogP contribution in [0.3, 0.4) is 0 Å². The predicted molar refractivity (Wildman–Crippen MR) is 70.8 cm³/mol. The summed E-state index contributed by atoms with van der Waals surface area (Å²) in [7, 11) is 0. The third-order valence-electron chi connectivity index (χ3n) is 2.21. The van der Waals surface area contributed by atoms with Gasteiger partial charge < -0.3 is 10.2 Å². The molecule has 0 radical (unpaired) electrons.